The van der Waals surface area contributed by atoms with Gasteiger partial charge >= 0.3 is 0 Å². The van der Waals surface area contributed by atoms with E-state index < -0.39 is 30.5 Å². The highest BCUT2D eigenvalue weighted by atomic mass is 35.5. The maximum Gasteiger partial charge on any atom is 0.282 e. The maximum atomic E-state index is 13.1. The van der Waals surface area contributed by atoms with E-state index in [1.165, 1.54) is 6.92 Å². The largest absolute Gasteiger partial charge is 0.380 e. The molecule has 3 aliphatic heterocycles. The molecule has 0 aliphatic carbocycles. The third-order valence-electron chi connectivity index (χ3n) is 7.72. The number of hydrogen-bond acceptors (Lipinski definition) is 5. The number of hydrogen-bond donors (Lipinski definition) is 2. The minimum absolute atomic E-state index is 0.199. The summed E-state index contributed by atoms with van der Waals surface area (Å²) in [4.78, 5) is 30.7. The molecule has 2 N–H and O–H groups in total. The van der Waals surface area contributed by atoms with Gasteiger partial charge in [0.1, 0.15) is 0 Å². The molecule has 3 heterocycles. The Hall–Kier alpha value is -2.17. The molecule has 12 heteroatoms. The quantitative estimate of drug-likeness (QED) is 0.501. The van der Waals surface area contributed by atoms with Crippen LogP contribution in [-0.4, -0.2) is 88.9 Å². The average Bonchev–Trinajstić information content (AvgIpc) is 2.83. The standard InChI is InChI=1S/C27H29Cl3F2N4O3/c1-26(39,16-8-17(28)10-18(29)9-16)25(38)34-6-4-21(5-7-34)35-12-20(13-35)33-19-2-3-22(23(30)11-19)24(37)36-14-27(31,32)15-36/h2-3,8-11,20-21,33,39H,4-7,12-15H2,1H3/t26-/m0/s1. The van der Waals surface area contributed by atoms with Crippen LogP contribution in [0.25, 0.3) is 0 Å². The van der Waals surface area contributed by atoms with E-state index in [0.717, 1.165) is 36.5 Å². The summed E-state index contributed by atoms with van der Waals surface area (Å²) >= 11 is 18.4. The predicted octanol–water partition coefficient (Wildman–Crippen LogP) is 4.73. The van der Waals surface area contributed by atoms with Gasteiger partial charge in [0.05, 0.1) is 29.7 Å². The minimum Gasteiger partial charge on any atom is -0.380 e. The highest BCUT2D eigenvalue weighted by Gasteiger charge is 2.46. The second-order valence-electron chi connectivity index (χ2n) is 10.8. The Balaban J connectivity index is 1.09. The normalized spacial score (nSPS) is 21.6. The number of amides is 2. The summed E-state index contributed by atoms with van der Waals surface area (Å²) in [5.41, 5.74) is -0.386. The van der Waals surface area contributed by atoms with Gasteiger partial charge in [0.25, 0.3) is 17.7 Å². The fourth-order valence-electron chi connectivity index (χ4n) is 5.44. The first-order valence-electron chi connectivity index (χ1n) is 12.8. The van der Waals surface area contributed by atoms with Gasteiger partial charge in [-0.05, 0) is 61.7 Å². The van der Waals surface area contributed by atoms with Crippen molar-refractivity contribution in [3.05, 3.63) is 62.6 Å². The molecule has 0 bridgehead atoms. The molecule has 210 valence electrons. The fraction of sp³-hybridized carbons (Fsp3) is 0.481. The first-order valence-corrected chi connectivity index (χ1v) is 13.9. The predicted molar refractivity (Wildman–Crippen MR) is 147 cm³/mol. The van der Waals surface area contributed by atoms with Gasteiger partial charge < -0.3 is 20.2 Å². The molecule has 3 saturated heterocycles. The molecule has 1 atom stereocenters. The molecule has 0 radical (unpaired) electrons. The zero-order valence-electron chi connectivity index (χ0n) is 21.3. The summed E-state index contributed by atoms with van der Waals surface area (Å²) in [6.45, 7) is 3.02. The number of nitrogens with one attached hydrogen (secondary N) is 1. The van der Waals surface area contributed by atoms with Gasteiger partial charge in [-0.2, -0.15) is 0 Å². The number of benzene rings is 2. The Morgan fingerprint density at radius 1 is 1.00 bits per heavy atom. The topological polar surface area (TPSA) is 76.1 Å². The van der Waals surface area contributed by atoms with Crippen molar-refractivity contribution in [1.82, 2.24) is 14.7 Å². The molecule has 0 aromatic heterocycles. The van der Waals surface area contributed by atoms with E-state index in [1.54, 1.807) is 41.3 Å². The molecule has 5 rings (SSSR count). The number of piperidine rings is 1. The van der Waals surface area contributed by atoms with E-state index in [0.29, 0.717) is 34.7 Å². The molecular weight excluding hydrogens is 573 g/mol. The maximum absolute atomic E-state index is 13.1. The number of anilines is 1. The van der Waals surface area contributed by atoms with Gasteiger partial charge in [0.2, 0.25) is 0 Å². The van der Waals surface area contributed by atoms with E-state index in [4.69, 9.17) is 34.8 Å². The zero-order chi connectivity index (χ0) is 28.1. The molecule has 39 heavy (non-hydrogen) atoms. The van der Waals surface area contributed by atoms with Crippen molar-refractivity contribution in [2.45, 2.75) is 43.4 Å². The van der Waals surface area contributed by atoms with Crippen molar-refractivity contribution in [2.24, 2.45) is 0 Å². The van der Waals surface area contributed by atoms with Crippen molar-refractivity contribution < 1.29 is 23.5 Å². The number of nitrogens with zero attached hydrogens (tertiary/aromatic N) is 3. The summed E-state index contributed by atoms with van der Waals surface area (Å²) in [6.07, 6.45) is 1.59. The Morgan fingerprint density at radius 3 is 2.18 bits per heavy atom. The molecule has 3 aliphatic rings. The zero-order valence-corrected chi connectivity index (χ0v) is 23.5. The van der Waals surface area contributed by atoms with Gasteiger partial charge in [-0.25, -0.2) is 8.78 Å². The van der Waals surface area contributed by atoms with Crippen LogP contribution in [0.15, 0.2) is 36.4 Å². The number of carbonyl (C=O) groups excluding carboxylic acids is 2. The molecule has 0 spiro atoms. The van der Waals surface area contributed by atoms with Crippen molar-refractivity contribution in [3.8, 4) is 0 Å². The highest BCUT2D eigenvalue weighted by molar-refractivity contribution is 6.35. The monoisotopic (exact) mass is 600 g/mol. The number of alkyl halides is 2. The summed E-state index contributed by atoms with van der Waals surface area (Å²) in [7, 11) is 0. The second kappa shape index (κ2) is 10.7. The summed E-state index contributed by atoms with van der Waals surface area (Å²) in [5, 5.41) is 15.4. The van der Waals surface area contributed by atoms with E-state index in [1.807, 2.05) is 0 Å². The number of likely N-dealkylation sites (tertiary alicyclic amines) is 3. The van der Waals surface area contributed by atoms with Gasteiger partial charge in [0, 0.05) is 48.0 Å². The molecular formula is C27H29Cl3F2N4O3. The van der Waals surface area contributed by atoms with E-state index in [2.05, 4.69) is 10.2 Å². The summed E-state index contributed by atoms with van der Waals surface area (Å²) in [5.74, 6) is -3.68. The van der Waals surface area contributed by atoms with E-state index >= 15 is 0 Å². The molecule has 2 aromatic carbocycles. The Kier molecular flexibility index (Phi) is 7.76. The number of halogens is 5. The van der Waals surface area contributed by atoms with Crippen LogP contribution in [0.1, 0.15) is 35.7 Å². The van der Waals surface area contributed by atoms with Crippen molar-refractivity contribution in [3.63, 3.8) is 0 Å². The Morgan fingerprint density at radius 2 is 1.62 bits per heavy atom. The van der Waals surface area contributed by atoms with E-state index in [9.17, 15) is 23.5 Å². The van der Waals surface area contributed by atoms with Gasteiger partial charge in [-0.3, -0.25) is 14.5 Å². The third kappa shape index (κ3) is 5.98. The van der Waals surface area contributed by atoms with Crippen LogP contribution < -0.4 is 5.32 Å². The first kappa shape index (κ1) is 28.4. The van der Waals surface area contributed by atoms with Gasteiger partial charge in [0.15, 0.2) is 5.60 Å². The minimum atomic E-state index is -2.82. The van der Waals surface area contributed by atoms with Crippen LogP contribution in [0.4, 0.5) is 14.5 Å². The van der Waals surface area contributed by atoms with Gasteiger partial charge in [-0.15, -0.1) is 0 Å². The van der Waals surface area contributed by atoms with Crippen molar-refractivity contribution in [2.75, 3.05) is 44.6 Å². The lowest BCUT2D eigenvalue weighted by atomic mass is 9.92. The molecule has 7 nitrogen and oxygen atoms in total. The number of aliphatic hydroxyl groups is 1. The fourth-order valence-corrected chi connectivity index (χ4v) is 6.23. The summed E-state index contributed by atoms with van der Waals surface area (Å²) in [6, 6.07) is 10.1. The Bertz CT molecular complexity index is 1250. The van der Waals surface area contributed by atoms with Crippen LogP contribution >= 0.6 is 34.8 Å². The average molecular weight is 602 g/mol. The van der Waals surface area contributed by atoms with Gasteiger partial charge in [-0.1, -0.05) is 34.8 Å². The molecule has 0 saturated carbocycles. The SMILES string of the molecule is C[C@@](O)(C(=O)N1CCC(N2CC(Nc3ccc(C(=O)N4CC(F)(F)C4)c(Cl)c3)C2)CC1)c1cc(Cl)cc(Cl)c1. The molecule has 3 fully saturated rings. The lowest BCUT2D eigenvalue weighted by Gasteiger charge is -2.48. The molecule has 2 aromatic rings. The van der Waals surface area contributed by atoms with Crippen LogP contribution in [-0.2, 0) is 10.4 Å². The first-order chi connectivity index (χ1) is 18.3. The third-order valence-corrected chi connectivity index (χ3v) is 8.47. The lowest BCUT2D eigenvalue weighted by Crippen LogP contribution is -2.61. The van der Waals surface area contributed by atoms with Crippen LogP contribution in [0.3, 0.4) is 0 Å². The smallest absolute Gasteiger partial charge is 0.282 e. The summed E-state index contributed by atoms with van der Waals surface area (Å²) < 4.78 is 26.2. The Labute approximate surface area is 240 Å². The molecule has 2 amide bonds. The van der Waals surface area contributed by atoms with Crippen LogP contribution in [0, 0.1) is 0 Å². The molecule has 0 unspecified atom stereocenters. The number of carbonyl (C=O) groups is 2. The number of rotatable bonds is 6. The highest BCUT2D eigenvalue weighted by Crippen LogP contribution is 2.33. The second-order valence-corrected chi connectivity index (χ2v) is 12.0. The van der Waals surface area contributed by atoms with Crippen molar-refractivity contribution >= 4 is 52.3 Å². The lowest BCUT2D eigenvalue weighted by molar-refractivity contribution is -0.152. The van der Waals surface area contributed by atoms with Crippen LogP contribution in [0.2, 0.25) is 15.1 Å². The van der Waals surface area contributed by atoms with Crippen molar-refractivity contribution in [1.29, 1.82) is 0 Å². The van der Waals surface area contributed by atoms with Crippen LogP contribution in [0.5, 0.6) is 0 Å². The van der Waals surface area contributed by atoms with E-state index in [-0.39, 0.29) is 22.5 Å².